The largest absolute Gasteiger partial charge is 0.360 e. The number of carbonyl (C=O) groups excluding carboxylic acids is 1. The van der Waals surface area contributed by atoms with Crippen LogP contribution in [0.1, 0.15) is 21.5 Å². The van der Waals surface area contributed by atoms with Gasteiger partial charge in [-0.15, -0.1) is 0 Å². The van der Waals surface area contributed by atoms with E-state index < -0.39 is 17.4 Å². The Hall–Kier alpha value is -2.49. The zero-order valence-corrected chi connectivity index (χ0v) is 10.7. The summed E-state index contributed by atoms with van der Waals surface area (Å²) in [5, 5.41) is 0.737. The van der Waals surface area contributed by atoms with E-state index in [2.05, 4.69) is 4.98 Å². The molecule has 0 saturated carbocycles. The summed E-state index contributed by atoms with van der Waals surface area (Å²) in [4.78, 5) is 15.4. The summed E-state index contributed by atoms with van der Waals surface area (Å²) in [7, 11) is 0. The van der Waals surface area contributed by atoms with Crippen LogP contribution >= 0.6 is 0 Å². The highest BCUT2D eigenvalue weighted by atomic mass is 19.2. The van der Waals surface area contributed by atoms with Gasteiger partial charge in [0.15, 0.2) is 17.4 Å². The van der Waals surface area contributed by atoms with E-state index in [-0.39, 0.29) is 5.56 Å². The summed E-state index contributed by atoms with van der Waals surface area (Å²) in [5.74, 6) is -2.66. The van der Waals surface area contributed by atoms with E-state index in [1.807, 2.05) is 25.1 Å². The van der Waals surface area contributed by atoms with Crippen molar-refractivity contribution >= 4 is 16.7 Å². The number of halogens is 2. The van der Waals surface area contributed by atoms with Gasteiger partial charge in [-0.1, -0.05) is 18.2 Å². The second-order valence-corrected chi connectivity index (χ2v) is 4.63. The van der Waals surface area contributed by atoms with Crippen LogP contribution in [-0.2, 0) is 0 Å². The van der Waals surface area contributed by atoms with Crippen molar-refractivity contribution in [3.05, 3.63) is 70.9 Å². The predicted octanol–water partition coefficient (Wildman–Crippen LogP) is 3.99. The van der Waals surface area contributed by atoms with Gasteiger partial charge in [0.2, 0.25) is 0 Å². The molecule has 0 saturated heterocycles. The van der Waals surface area contributed by atoms with Crippen LogP contribution in [0, 0.1) is 18.6 Å². The molecule has 1 heterocycles. The van der Waals surface area contributed by atoms with Gasteiger partial charge in [0, 0.05) is 22.7 Å². The maximum Gasteiger partial charge on any atom is 0.198 e. The first kappa shape index (κ1) is 12.5. The third-order valence-corrected chi connectivity index (χ3v) is 3.35. The van der Waals surface area contributed by atoms with Gasteiger partial charge in [0.1, 0.15) is 0 Å². The summed E-state index contributed by atoms with van der Waals surface area (Å²) in [6.07, 6.45) is 1.53. The zero-order valence-electron chi connectivity index (χ0n) is 10.7. The van der Waals surface area contributed by atoms with E-state index in [1.54, 1.807) is 0 Å². The normalized spacial score (nSPS) is 10.9. The van der Waals surface area contributed by atoms with E-state index in [1.165, 1.54) is 18.3 Å². The third kappa shape index (κ3) is 1.81. The number of aromatic nitrogens is 1. The van der Waals surface area contributed by atoms with Gasteiger partial charge in [-0.2, -0.15) is 0 Å². The van der Waals surface area contributed by atoms with Crippen molar-refractivity contribution in [2.75, 3.05) is 0 Å². The molecule has 1 aromatic heterocycles. The summed E-state index contributed by atoms with van der Waals surface area (Å²) in [5.41, 5.74) is 1.80. The molecule has 0 unspecified atom stereocenters. The lowest BCUT2D eigenvalue weighted by Gasteiger charge is -2.04. The molecule has 0 amide bonds. The second kappa shape index (κ2) is 4.56. The quantitative estimate of drug-likeness (QED) is 0.702. The van der Waals surface area contributed by atoms with Crippen LogP contribution in [0.4, 0.5) is 8.78 Å². The molecule has 0 bridgehead atoms. The predicted molar refractivity (Wildman–Crippen MR) is 72.8 cm³/mol. The molecule has 0 aliphatic heterocycles. The van der Waals surface area contributed by atoms with Gasteiger partial charge in [-0.05, 0) is 30.7 Å². The number of hydrogen-bond acceptors (Lipinski definition) is 1. The standard InChI is InChI=1S/C16H11F2NO/c1-9-4-2-7-13-14(9)11(8-19-13)16(20)10-5-3-6-12(17)15(10)18/h2-8,19H,1H3. The van der Waals surface area contributed by atoms with Crippen molar-refractivity contribution in [1.82, 2.24) is 4.98 Å². The maximum absolute atomic E-state index is 13.7. The Morgan fingerprint density at radius 1 is 1.05 bits per heavy atom. The molecule has 1 N–H and O–H groups in total. The molecule has 2 aromatic carbocycles. The lowest BCUT2D eigenvalue weighted by Crippen LogP contribution is -2.05. The van der Waals surface area contributed by atoms with E-state index in [9.17, 15) is 13.6 Å². The zero-order chi connectivity index (χ0) is 14.3. The third-order valence-electron chi connectivity index (χ3n) is 3.35. The molecule has 2 nitrogen and oxygen atoms in total. The highest BCUT2D eigenvalue weighted by molar-refractivity contribution is 6.17. The van der Waals surface area contributed by atoms with Crippen molar-refractivity contribution in [3.63, 3.8) is 0 Å². The highest BCUT2D eigenvalue weighted by Gasteiger charge is 2.20. The maximum atomic E-state index is 13.7. The molecule has 0 aliphatic carbocycles. The molecule has 3 rings (SSSR count). The number of aromatic amines is 1. The van der Waals surface area contributed by atoms with Gasteiger partial charge < -0.3 is 4.98 Å². The van der Waals surface area contributed by atoms with Crippen molar-refractivity contribution < 1.29 is 13.6 Å². The van der Waals surface area contributed by atoms with Crippen LogP contribution in [0.25, 0.3) is 10.9 Å². The van der Waals surface area contributed by atoms with E-state index in [0.717, 1.165) is 22.5 Å². The van der Waals surface area contributed by atoms with E-state index in [4.69, 9.17) is 0 Å². The first-order valence-electron chi connectivity index (χ1n) is 6.15. The van der Waals surface area contributed by atoms with Crippen LogP contribution < -0.4 is 0 Å². The molecular weight excluding hydrogens is 260 g/mol. The molecule has 4 heteroatoms. The Morgan fingerprint density at radius 2 is 1.80 bits per heavy atom. The highest BCUT2D eigenvalue weighted by Crippen LogP contribution is 2.25. The van der Waals surface area contributed by atoms with Crippen molar-refractivity contribution in [1.29, 1.82) is 0 Å². The molecule has 0 spiro atoms. The number of ketones is 1. The van der Waals surface area contributed by atoms with Crippen LogP contribution in [-0.4, -0.2) is 10.8 Å². The minimum atomic E-state index is -1.11. The summed E-state index contributed by atoms with van der Waals surface area (Å²) >= 11 is 0. The van der Waals surface area contributed by atoms with Crippen LogP contribution in [0.2, 0.25) is 0 Å². The number of H-pyrrole nitrogens is 1. The van der Waals surface area contributed by atoms with Gasteiger partial charge >= 0.3 is 0 Å². The first-order valence-corrected chi connectivity index (χ1v) is 6.15. The van der Waals surface area contributed by atoms with Crippen LogP contribution in [0.3, 0.4) is 0 Å². The number of aryl methyl sites for hydroxylation is 1. The molecular formula is C16H11F2NO. The van der Waals surface area contributed by atoms with Crippen molar-refractivity contribution in [2.24, 2.45) is 0 Å². The molecule has 0 radical (unpaired) electrons. The Kier molecular flexibility index (Phi) is 2.86. The Bertz CT molecular complexity index is 820. The summed E-state index contributed by atoms with van der Waals surface area (Å²) in [6.45, 7) is 1.87. The summed E-state index contributed by atoms with van der Waals surface area (Å²) in [6, 6.07) is 9.18. The monoisotopic (exact) mass is 271 g/mol. The van der Waals surface area contributed by atoms with Crippen molar-refractivity contribution in [3.8, 4) is 0 Å². The fraction of sp³-hybridized carbons (Fsp3) is 0.0625. The Labute approximate surface area is 114 Å². The van der Waals surface area contributed by atoms with Gasteiger partial charge in [0.25, 0.3) is 0 Å². The van der Waals surface area contributed by atoms with Gasteiger partial charge in [-0.25, -0.2) is 8.78 Å². The Balaban J connectivity index is 2.21. The molecule has 0 atom stereocenters. The van der Waals surface area contributed by atoms with Crippen LogP contribution in [0.15, 0.2) is 42.6 Å². The molecule has 0 aliphatic rings. The number of benzene rings is 2. The van der Waals surface area contributed by atoms with Gasteiger partial charge in [0.05, 0.1) is 5.56 Å². The topological polar surface area (TPSA) is 32.9 Å². The summed E-state index contributed by atoms with van der Waals surface area (Å²) < 4.78 is 27.0. The lowest BCUT2D eigenvalue weighted by atomic mass is 9.99. The lowest BCUT2D eigenvalue weighted by molar-refractivity contribution is 0.103. The molecule has 100 valence electrons. The van der Waals surface area contributed by atoms with Crippen molar-refractivity contribution in [2.45, 2.75) is 6.92 Å². The number of fused-ring (bicyclic) bond motifs is 1. The number of carbonyl (C=O) groups is 1. The SMILES string of the molecule is Cc1cccc2[nH]cc(C(=O)c3cccc(F)c3F)c12. The second-order valence-electron chi connectivity index (χ2n) is 4.63. The van der Waals surface area contributed by atoms with E-state index >= 15 is 0 Å². The minimum Gasteiger partial charge on any atom is -0.360 e. The smallest absolute Gasteiger partial charge is 0.198 e. The average molecular weight is 271 g/mol. The minimum absolute atomic E-state index is 0.255. The molecule has 0 fully saturated rings. The number of hydrogen-bond donors (Lipinski definition) is 1. The number of rotatable bonds is 2. The van der Waals surface area contributed by atoms with E-state index in [0.29, 0.717) is 5.56 Å². The molecule has 20 heavy (non-hydrogen) atoms. The number of nitrogens with one attached hydrogen (secondary N) is 1. The van der Waals surface area contributed by atoms with Crippen LogP contribution in [0.5, 0.6) is 0 Å². The van der Waals surface area contributed by atoms with Gasteiger partial charge in [-0.3, -0.25) is 4.79 Å². The first-order chi connectivity index (χ1) is 9.59. The fourth-order valence-electron chi connectivity index (χ4n) is 2.37. The fourth-order valence-corrected chi connectivity index (χ4v) is 2.37. The average Bonchev–Trinajstić information content (AvgIpc) is 2.86. The molecule has 3 aromatic rings. The Morgan fingerprint density at radius 3 is 2.60 bits per heavy atom.